The van der Waals surface area contributed by atoms with E-state index in [0.29, 0.717) is 6.42 Å². The van der Waals surface area contributed by atoms with Crippen LogP contribution in [0.4, 0.5) is 0 Å². The second-order valence-electron chi connectivity index (χ2n) is 2.73. The molecule has 1 heterocycles. The zero-order valence-electron chi connectivity index (χ0n) is 6.41. The summed E-state index contributed by atoms with van der Waals surface area (Å²) in [5.41, 5.74) is 0. The largest absolute Gasteiger partial charge is 0.383 e. The predicted molar refractivity (Wildman–Crippen MR) is 36.8 cm³/mol. The van der Waals surface area contributed by atoms with Crippen molar-refractivity contribution < 1.29 is 19.7 Å². The van der Waals surface area contributed by atoms with Crippen molar-refractivity contribution >= 4 is 5.78 Å². The van der Waals surface area contributed by atoms with Gasteiger partial charge in [-0.25, -0.2) is 0 Å². The van der Waals surface area contributed by atoms with E-state index in [1.54, 1.807) is 0 Å². The average molecular weight is 160 g/mol. The number of hydrogen-bond acceptors (Lipinski definition) is 4. The topological polar surface area (TPSA) is 66.8 Å². The molecule has 64 valence electrons. The Morgan fingerprint density at radius 3 is 2.82 bits per heavy atom. The summed E-state index contributed by atoms with van der Waals surface area (Å²) in [5.74, 6) is -2.33. The molecule has 0 aromatic rings. The van der Waals surface area contributed by atoms with Crippen LogP contribution in [0.5, 0.6) is 0 Å². The lowest BCUT2D eigenvalue weighted by Crippen LogP contribution is -2.38. The third kappa shape index (κ3) is 1.42. The number of ether oxygens (including phenoxy) is 1. The van der Waals surface area contributed by atoms with Gasteiger partial charge in [0, 0.05) is 6.42 Å². The molecule has 0 aromatic heterocycles. The molecule has 1 fully saturated rings. The van der Waals surface area contributed by atoms with Crippen LogP contribution in [0.3, 0.4) is 0 Å². The third-order valence-electron chi connectivity index (χ3n) is 1.76. The summed E-state index contributed by atoms with van der Waals surface area (Å²) in [6.45, 7) is 1.74. The summed E-state index contributed by atoms with van der Waals surface area (Å²) in [6, 6.07) is 0. The van der Waals surface area contributed by atoms with Crippen molar-refractivity contribution in [3.05, 3.63) is 0 Å². The van der Waals surface area contributed by atoms with Crippen LogP contribution in [-0.2, 0) is 9.53 Å². The van der Waals surface area contributed by atoms with E-state index in [1.165, 1.54) is 0 Å². The predicted octanol–water partition coefficient (Wildman–Crippen LogP) is -0.565. The van der Waals surface area contributed by atoms with Gasteiger partial charge in [0.05, 0.1) is 6.61 Å². The fraction of sp³-hybridized carbons (Fsp3) is 0.857. The molecule has 0 amide bonds. The van der Waals surface area contributed by atoms with Gasteiger partial charge in [-0.05, 0) is 0 Å². The Bertz CT molecular complexity index is 164. The number of carbonyl (C=O) groups excluding carboxylic acids is 1. The quantitative estimate of drug-likeness (QED) is 0.568. The lowest BCUT2D eigenvalue weighted by molar-refractivity contribution is -0.184. The Kier molecular flexibility index (Phi) is 2.27. The summed E-state index contributed by atoms with van der Waals surface area (Å²) >= 11 is 0. The molecule has 1 rings (SSSR count). The normalized spacial score (nSPS) is 38.1. The van der Waals surface area contributed by atoms with Crippen LogP contribution in [0.25, 0.3) is 0 Å². The third-order valence-corrected chi connectivity index (χ3v) is 1.76. The summed E-state index contributed by atoms with van der Waals surface area (Å²) in [5, 5.41) is 18.3. The van der Waals surface area contributed by atoms with Gasteiger partial charge in [0.25, 0.3) is 0 Å². The Labute approximate surface area is 64.8 Å². The van der Waals surface area contributed by atoms with Crippen molar-refractivity contribution in [1.82, 2.24) is 0 Å². The molecule has 0 aliphatic carbocycles. The molecule has 0 aromatic carbocycles. The number of aliphatic hydroxyl groups is 2. The summed E-state index contributed by atoms with van der Waals surface area (Å²) in [7, 11) is 0. The fourth-order valence-corrected chi connectivity index (χ4v) is 1.16. The minimum absolute atomic E-state index is 0.0880. The van der Waals surface area contributed by atoms with Crippen molar-refractivity contribution in [3.8, 4) is 0 Å². The highest BCUT2D eigenvalue weighted by Gasteiger charge is 2.46. The fourth-order valence-electron chi connectivity index (χ4n) is 1.16. The second kappa shape index (κ2) is 2.89. The molecule has 0 saturated carbocycles. The molecule has 2 atom stereocenters. The van der Waals surface area contributed by atoms with E-state index in [9.17, 15) is 9.90 Å². The van der Waals surface area contributed by atoms with Crippen molar-refractivity contribution in [2.45, 2.75) is 31.7 Å². The minimum Gasteiger partial charge on any atom is -0.383 e. The number of aliphatic hydroxyl groups excluding tert-OH is 1. The molecule has 1 saturated heterocycles. The highest BCUT2D eigenvalue weighted by Crippen LogP contribution is 2.23. The lowest BCUT2D eigenvalue weighted by Gasteiger charge is -2.17. The van der Waals surface area contributed by atoms with Crippen molar-refractivity contribution in [1.29, 1.82) is 0 Å². The van der Waals surface area contributed by atoms with Crippen LogP contribution in [0.1, 0.15) is 19.8 Å². The van der Waals surface area contributed by atoms with Gasteiger partial charge in [0.2, 0.25) is 11.6 Å². The van der Waals surface area contributed by atoms with E-state index in [-0.39, 0.29) is 13.0 Å². The smallest absolute Gasteiger partial charge is 0.229 e. The maximum Gasteiger partial charge on any atom is 0.229 e. The van der Waals surface area contributed by atoms with E-state index in [2.05, 4.69) is 0 Å². The van der Waals surface area contributed by atoms with E-state index in [4.69, 9.17) is 9.84 Å². The monoisotopic (exact) mass is 160 g/mol. The van der Waals surface area contributed by atoms with Crippen LogP contribution < -0.4 is 0 Å². The SMILES string of the molecule is CCCC1(O)OCC(O)C1=O. The molecule has 0 spiro atoms. The highest BCUT2D eigenvalue weighted by atomic mass is 16.6. The Morgan fingerprint density at radius 1 is 1.82 bits per heavy atom. The Balaban J connectivity index is 2.65. The molecular weight excluding hydrogens is 148 g/mol. The molecule has 4 nitrogen and oxygen atoms in total. The maximum atomic E-state index is 11.0. The van der Waals surface area contributed by atoms with E-state index in [1.807, 2.05) is 6.92 Å². The van der Waals surface area contributed by atoms with Crippen molar-refractivity contribution in [2.24, 2.45) is 0 Å². The zero-order chi connectivity index (χ0) is 8.48. The average Bonchev–Trinajstić information content (AvgIpc) is 2.19. The Hall–Kier alpha value is -0.450. The van der Waals surface area contributed by atoms with E-state index < -0.39 is 17.7 Å². The van der Waals surface area contributed by atoms with Gasteiger partial charge in [-0.2, -0.15) is 0 Å². The number of rotatable bonds is 2. The van der Waals surface area contributed by atoms with Crippen molar-refractivity contribution in [2.75, 3.05) is 6.61 Å². The second-order valence-corrected chi connectivity index (χ2v) is 2.73. The molecule has 2 N–H and O–H groups in total. The molecule has 1 aliphatic rings. The summed E-state index contributed by atoms with van der Waals surface area (Å²) in [6.07, 6.45) is -0.246. The van der Waals surface area contributed by atoms with Crippen LogP contribution >= 0.6 is 0 Å². The van der Waals surface area contributed by atoms with Gasteiger partial charge in [-0.1, -0.05) is 13.3 Å². The van der Waals surface area contributed by atoms with Gasteiger partial charge in [-0.15, -0.1) is 0 Å². The summed E-state index contributed by atoms with van der Waals surface area (Å²) < 4.78 is 4.76. The van der Waals surface area contributed by atoms with E-state index in [0.717, 1.165) is 0 Å². The number of ketones is 1. The van der Waals surface area contributed by atoms with Crippen molar-refractivity contribution in [3.63, 3.8) is 0 Å². The van der Waals surface area contributed by atoms with Gasteiger partial charge >= 0.3 is 0 Å². The number of Topliss-reactive ketones (excluding diaryl/α,β-unsaturated/α-hetero) is 1. The molecule has 1 aliphatic heterocycles. The molecule has 0 bridgehead atoms. The Morgan fingerprint density at radius 2 is 2.45 bits per heavy atom. The molecule has 2 unspecified atom stereocenters. The molecular formula is C7H12O4. The maximum absolute atomic E-state index is 11.0. The summed E-state index contributed by atoms with van der Waals surface area (Å²) in [4.78, 5) is 11.0. The molecule has 11 heavy (non-hydrogen) atoms. The number of carbonyl (C=O) groups is 1. The lowest BCUT2D eigenvalue weighted by atomic mass is 10.1. The van der Waals surface area contributed by atoms with Crippen LogP contribution in [-0.4, -0.2) is 34.5 Å². The first kappa shape index (κ1) is 8.64. The first-order valence-corrected chi connectivity index (χ1v) is 3.69. The first-order valence-electron chi connectivity index (χ1n) is 3.69. The van der Waals surface area contributed by atoms with Gasteiger partial charge in [0.1, 0.15) is 6.10 Å². The van der Waals surface area contributed by atoms with Gasteiger partial charge < -0.3 is 14.9 Å². The standard InChI is InChI=1S/C7H12O4/c1-2-3-7(10)6(9)5(8)4-11-7/h5,8,10H,2-4H2,1H3. The zero-order valence-corrected chi connectivity index (χ0v) is 6.41. The molecule has 0 radical (unpaired) electrons. The number of hydrogen-bond donors (Lipinski definition) is 2. The van der Waals surface area contributed by atoms with Crippen LogP contribution in [0, 0.1) is 0 Å². The van der Waals surface area contributed by atoms with Gasteiger partial charge in [0.15, 0.2) is 0 Å². The van der Waals surface area contributed by atoms with Gasteiger partial charge in [-0.3, -0.25) is 4.79 Å². The molecule has 4 heteroatoms. The first-order chi connectivity index (χ1) is 5.10. The van der Waals surface area contributed by atoms with Crippen LogP contribution in [0.2, 0.25) is 0 Å². The minimum atomic E-state index is -1.71. The van der Waals surface area contributed by atoms with Crippen LogP contribution in [0.15, 0.2) is 0 Å². The highest BCUT2D eigenvalue weighted by molar-refractivity contribution is 5.91. The van der Waals surface area contributed by atoms with E-state index >= 15 is 0 Å².